The first-order valence-corrected chi connectivity index (χ1v) is 6.81. The summed E-state index contributed by atoms with van der Waals surface area (Å²) in [4.78, 5) is 9.01. The molecule has 0 aliphatic heterocycles. The SMILES string of the molecule is CCCc1nc(C2CC2C)nc(Cl)c1I. The number of halogens is 2. The molecule has 2 nitrogen and oxygen atoms in total. The molecule has 2 rings (SSSR count). The van der Waals surface area contributed by atoms with E-state index in [0.29, 0.717) is 11.1 Å². The van der Waals surface area contributed by atoms with Crippen molar-refractivity contribution in [3.63, 3.8) is 0 Å². The van der Waals surface area contributed by atoms with Crippen molar-refractivity contribution >= 4 is 34.2 Å². The highest BCUT2D eigenvalue weighted by atomic mass is 127. The standard InChI is InChI=1S/C11H14ClIN2/c1-3-4-8-9(13)10(12)15-11(14-8)7-5-6(7)2/h6-7H,3-5H2,1-2H3. The number of nitrogens with zero attached hydrogens (tertiary/aromatic N) is 2. The number of hydrogen-bond acceptors (Lipinski definition) is 2. The molecule has 1 aromatic heterocycles. The minimum Gasteiger partial charge on any atom is -0.236 e. The highest BCUT2D eigenvalue weighted by Crippen LogP contribution is 2.45. The number of rotatable bonds is 3. The Labute approximate surface area is 109 Å². The second-order valence-electron chi connectivity index (χ2n) is 4.20. The van der Waals surface area contributed by atoms with Gasteiger partial charge in [0.2, 0.25) is 0 Å². The fourth-order valence-corrected chi connectivity index (χ4v) is 2.44. The summed E-state index contributed by atoms with van der Waals surface area (Å²) in [6.07, 6.45) is 3.31. The van der Waals surface area contributed by atoms with Crippen molar-refractivity contribution in [2.24, 2.45) is 5.92 Å². The Balaban J connectivity index is 2.33. The van der Waals surface area contributed by atoms with Crippen LogP contribution in [0.25, 0.3) is 0 Å². The molecule has 1 heterocycles. The van der Waals surface area contributed by atoms with E-state index in [-0.39, 0.29) is 0 Å². The smallest absolute Gasteiger partial charge is 0.146 e. The van der Waals surface area contributed by atoms with Gasteiger partial charge in [0.05, 0.1) is 9.26 Å². The van der Waals surface area contributed by atoms with Crippen molar-refractivity contribution in [2.45, 2.75) is 39.0 Å². The summed E-state index contributed by atoms with van der Waals surface area (Å²) in [7, 11) is 0. The van der Waals surface area contributed by atoms with Crippen LogP contribution >= 0.6 is 34.2 Å². The largest absolute Gasteiger partial charge is 0.236 e. The predicted molar refractivity (Wildman–Crippen MR) is 70.3 cm³/mol. The van der Waals surface area contributed by atoms with Gasteiger partial charge < -0.3 is 0 Å². The third-order valence-corrected chi connectivity index (χ3v) is 4.55. The molecule has 0 N–H and O–H groups in total. The molecule has 15 heavy (non-hydrogen) atoms. The first-order chi connectivity index (χ1) is 7.13. The lowest BCUT2D eigenvalue weighted by molar-refractivity contribution is 0.793. The summed E-state index contributed by atoms with van der Waals surface area (Å²) in [5.74, 6) is 2.24. The molecular formula is C11H14ClIN2. The zero-order valence-corrected chi connectivity index (χ0v) is 11.8. The van der Waals surface area contributed by atoms with Crippen LogP contribution in [0.15, 0.2) is 0 Å². The van der Waals surface area contributed by atoms with Crippen molar-refractivity contribution in [2.75, 3.05) is 0 Å². The molecule has 0 aromatic carbocycles. The third-order valence-electron chi connectivity index (χ3n) is 2.82. The molecule has 2 unspecified atom stereocenters. The van der Waals surface area contributed by atoms with Crippen molar-refractivity contribution < 1.29 is 0 Å². The average Bonchev–Trinajstić information content (AvgIpc) is 2.91. The van der Waals surface area contributed by atoms with E-state index in [1.165, 1.54) is 6.42 Å². The van der Waals surface area contributed by atoms with Gasteiger partial charge in [-0.15, -0.1) is 0 Å². The first kappa shape index (κ1) is 11.6. The molecule has 2 atom stereocenters. The summed E-state index contributed by atoms with van der Waals surface area (Å²) in [5, 5.41) is 0.628. The number of hydrogen-bond donors (Lipinski definition) is 0. The van der Waals surface area contributed by atoms with Gasteiger partial charge in [0.1, 0.15) is 11.0 Å². The lowest BCUT2D eigenvalue weighted by Gasteiger charge is -2.06. The van der Waals surface area contributed by atoms with Gasteiger partial charge in [0, 0.05) is 5.92 Å². The fraction of sp³-hybridized carbons (Fsp3) is 0.636. The Morgan fingerprint density at radius 3 is 2.67 bits per heavy atom. The fourth-order valence-electron chi connectivity index (χ4n) is 1.73. The van der Waals surface area contributed by atoms with Crippen LogP contribution in [0.5, 0.6) is 0 Å². The number of aromatic nitrogens is 2. The molecule has 1 aromatic rings. The summed E-state index contributed by atoms with van der Waals surface area (Å²) >= 11 is 8.35. The van der Waals surface area contributed by atoms with E-state index in [9.17, 15) is 0 Å². The van der Waals surface area contributed by atoms with Gasteiger partial charge in [0.25, 0.3) is 0 Å². The lowest BCUT2D eigenvalue weighted by atomic mass is 10.2. The molecule has 1 fully saturated rings. The average molecular weight is 337 g/mol. The second kappa shape index (κ2) is 4.53. The summed E-state index contributed by atoms with van der Waals surface area (Å²) in [5.41, 5.74) is 1.12. The van der Waals surface area contributed by atoms with Gasteiger partial charge in [-0.2, -0.15) is 0 Å². The van der Waals surface area contributed by atoms with Crippen LogP contribution < -0.4 is 0 Å². The maximum Gasteiger partial charge on any atom is 0.146 e. The minimum absolute atomic E-state index is 0.551. The highest BCUT2D eigenvalue weighted by molar-refractivity contribution is 14.1. The second-order valence-corrected chi connectivity index (χ2v) is 5.64. The van der Waals surface area contributed by atoms with E-state index >= 15 is 0 Å². The van der Waals surface area contributed by atoms with E-state index in [4.69, 9.17) is 11.6 Å². The van der Waals surface area contributed by atoms with Gasteiger partial charge in [0.15, 0.2) is 0 Å². The summed E-state index contributed by atoms with van der Waals surface area (Å²) in [6.45, 7) is 4.39. The van der Waals surface area contributed by atoms with Crippen molar-refractivity contribution in [3.05, 3.63) is 20.2 Å². The van der Waals surface area contributed by atoms with E-state index < -0.39 is 0 Å². The molecule has 0 bridgehead atoms. The minimum atomic E-state index is 0.551. The Morgan fingerprint density at radius 1 is 1.47 bits per heavy atom. The van der Waals surface area contributed by atoms with Crippen LogP contribution in [0.3, 0.4) is 0 Å². The molecule has 1 aliphatic carbocycles. The topological polar surface area (TPSA) is 25.8 Å². The van der Waals surface area contributed by atoms with E-state index in [2.05, 4.69) is 46.4 Å². The van der Waals surface area contributed by atoms with Gasteiger partial charge in [-0.25, -0.2) is 9.97 Å². The van der Waals surface area contributed by atoms with Gasteiger partial charge in [-0.05, 0) is 41.4 Å². The van der Waals surface area contributed by atoms with Gasteiger partial charge in [-0.3, -0.25) is 0 Å². The normalized spacial score (nSPS) is 24.3. The maximum absolute atomic E-state index is 6.12. The van der Waals surface area contributed by atoms with Crippen LogP contribution in [0.2, 0.25) is 5.15 Å². The molecule has 0 radical (unpaired) electrons. The van der Waals surface area contributed by atoms with Gasteiger partial charge >= 0.3 is 0 Å². The molecular weight excluding hydrogens is 322 g/mol. The van der Waals surface area contributed by atoms with E-state index in [0.717, 1.165) is 33.8 Å². The zero-order valence-electron chi connectivity index (χ0n) is 8.93. The number of aryl methyl sites for hydroxylation is 1. The van der Waals surface area contributed by atoms with E-state index in [1.807, 2.05) is 0 Å². The Morgan fingerprint density at radius 2 is 2.13 bits per heavy atom. The Hall–Kier alpha value is 0.100. The van der Waals surface area contributed by atoms with Gasteiger partial charge in [-0.1, -0.05) is 31.9 Å². The van der Waals surface area contributed by atoms with Crippen LogP contribution in [0.1, 0.15) is 44.1 Å². The Bertz CT molecular complexity index is 381. The monoisotopic (exact) mass is 336 g/mol. The quantitative estimate of drug-likeness (QED) is 0.619. The maximum atomic E-state index is 6.12. The first-order valence-electron chi connectivity index (χ1n) is 5.35. The lowest BCUT2D eigenvalue weighted by Crippen LogP contribution is -2.03. The molecule has 1 saturated carbocycles. The molecule has 1 aliphatic rings. The van der Waals surface area contributed by atoms with Crippen LogP contribution in [-0.4, -0.2) is 9.97 Å². The van der Waals surface area contributed by atoms with Crippen LogP contribution in [0, 0.1) is 9.49 Å². The molecule has 82 valence electrons. The molecule has 0 amide bonds. The molecule has 4 heteroatoms. The summed E-state index contributed by atoms with van der Waals surface area (Å²) < 4.78 is 1.02. The predicted octanol–water partition coefficient (Wildman–Crippen LogP) is 3.81. The van der Waals surface area contributed by atoms with Crippen LogP contribution in [-0.2, 0) is 6.42 Å². The zero-order chi connectivity index (χ0) is 11.0. The third kappa shape index (κ3) is 2.44. The Kier molecular flexibility index (Phi) is 3.50. The summed E-state index contributed by atoms with van der Waals surface area (Å²) in [6, 6.07) is 0. The highest BCUT2D eigenvalue weighted by Gasteiger charge is 2.37. The van der Waals surface area contributed by atoms with E-state index in [1.54, 1.807) is 0 Å². The molecule has 0 saturated heterocycles. The van der Waals surface area contributed by atoms with Crippen LogP contribution in [0.4, 0.5) is 0 Å². The van der Waals surface area contributed by atoms with Crippen molar-refractivity contribution in [1.29, 1.82) is 0 Å². The van der Waals surface area contributed by atoms with Crippen molar-refractivity contribution in [1.82, 2.24) is 9.97 Å². The van der Waals surface area contributed by atoms with Crippen molar-refractivity contribution in [3.8, 4) is 0 Å². The molecule has 0 spiro atoms.